The Morgan fingerprint density at radius 3 is 2.68 bits per heavy atom. The van der Waals surface area contributed by atoms with Crippen LogP contribution in [0, 0.1) is 5.92 Å². The van der Waals surface area contributed by atoms with E-state index in [-0.39, 0.29) is 29.8 Å². The van der Waals surface area contributed by atoms with Crippen molar-refractivity contribution in [1.29, 1.82) is 0 Å². The number of nitrogens with zero attached hydrogens (tertiary/aromatic N) is 2. The van der Waals surface area contributed by atoms with Gasteiger partial charge in [0.05, 0.1) is 0 Å². The average molecular weight is 284 g/mol. The van der Waals surface area contributed by atoms with Gasteiger partial charge >= 0.3 is 0 Å². The molecular weight excluding hydrogens is 260 g/mol. The highest BCUT2D eigenvalue weighted by Gasteiger charge is 2.48. The van der Waals surface area contributed by atoms with Crippen LogP contribution in [0.15, 0.2) is 0 Å². The topological polar surface area (TPSA) is 40.6 Å². The molecule has 2 fully saturated rings. The fraction of sp³-hybridized carbons (Fsp3) is 0.857. The maximum absolute atomic E-state index is 12.6. The summed E-state index contributed by atoms with van der Waals surface area (Å²) in [5.41, 5.74) is 0. The van der Waals surface area contributed by atoms with E-state index >= 15 is 0 Å². The number of fused-ring (bicyclic) bond motifs is 1. The first kappa shape index (κ1) is 14.7. The van der Waals surface area contributed by atoms with Crippen molar-refractivity contribution >= 4 is 23.6 Å². The summed E-state index contributed by atoms with van der Waals surface area (Å²) in [5, 5.41) is 0. The predicted molar refractivity (Wildman–Crippen MR) is 78.1 cm³/mol. The van der Waals surface area contributed by atoms with Gasteiger partial charge in [-0.05, 0) is 37.2 Å². The number of hydrogen-bond donors (Lipinski definition) is 0. The number of thioether (sulfide) groups is 1. The van der Waals surface area contributed by atoms with Gasteiger partial charge in [-0.2, -0.15) is 11.8 Å². The zero-order chi connectivity index (χ0) is 14.0. The highest BCUT2D eigenvalue weighted by atomic mass is 32.2. The smallest absolute Gasteiger partial charge is 0.246 e. The second-order valence-corrected chi connectivity index (χ2v) is 6.74. The monoisotopic (exact) mass is 284 g/mol. The maximum Gasteiger partial charge on any atom is 0.246 e. The lowest BCUT2D eigenvalue weighted by Gasteiger charge is -2.44. The van der Waals surface area contributed by atoms with Crippen LogP contribution in [-0.4, -0.2) is 58.8 Å². The first-order chi connectivity index (χ1) is 9.07. The molecule has 2 amide bonds. The molecule has 4 nitrogen and oxygen atoms in total. The molecule has 0 bridgehead atoms. The SMILES string of the molecule is CSCCCN1C(=O)C2CCCN2C(=O)C1C(C)C. The van der Waals surface area contributed by atoms with Gasteiger partial charge in [-0.3, -0.25) is 9.59 Å². The number of rotatable bonds is 5. The van der Waals surface area contributed by atoms with E-state index < -0.39 is 0 Å². The molecular formula is C14H24N2O2S. The van der Waals surface area contributed by atoms with Crippen molar-refractivity contribution in [3.8, 4) is 0 Å². The number of carbonyl (C=O) groups excluding carboxylic acids is 2. The highest BCUT2D eigenvalue weighted by molar-refractivity contribution is 7.98. The highest BCUT2D eigenvalue weighted by Crippen LogP contribution is 2.29. The minimum absolute atomic E-state index is 0.168. The number of amides is 2. The van der Waals surface area contributed by atoms with Crippen LogP contribution < -0.4 is 0 Å². The Labute approximate surface area is 119 Å². The number of hydrogen-bond acceptors (Lipinski definition) is 3. The van der Waals surface area contributed by atoms with Crippen molar-refractivity contribution in [2.75, 3.05) is 25.1 Å². The lowest BCUT2D eigenvalue weighted by Crippen LogP contribution is -2.64. The molecule has 2 rings (SSSR count). The molecule has 2 unspecified atom stereocenters. The quantitative estimate of drug-likeness (QED) is 0.720. The minimum Gasteiger partial charge on any atom is -0.329 e. The van der Waals surface area contributed by atoms with E-state index in [0.717, 1.165) is 38.1 Å². The molecule has 0 spiro atoms. The van der Waals surface area contributed by atoms with Crippen molar-refractivity contribution in [3.63, 3.8) is 0 Å². The minimum atomic E-state index is -0.247. The van der Waals surface area contributed by atoms with Gasteiger partial charge in [0.2, 0.25) is 11.8 Å². The summed E-state index contributed by atoms with van der Waals surface area (Å²) in [6, 6.07) is -0.416. The van der Waals surface area contributed by atoms with E-state index in [1.165, 1.54) is 0 Å². The molecule has 0 saturated carbocycles. The summed E-state index contributed by atoms with van der Waals surface area (Å²) in [6.45, 7) is 5.55. The third-order valence-corrected chi connectivity index (χ3v) is 4.77. The van der Waals surface area contributed by atoms with Crippen LogP contribution in [0.25, 0.3) is 0 Å². The molecule has 0 aromatic carbocycles. The Balaban J connectivity index is 2.16. The van der Waals surface area contributed by atoms with Gasteiger partial charge in [0, 0.05) is 13.1 Å². The van der Waals surface area contributed by atoms with Crippen LogP contribution in [0.2, 0.25) is 0 Å². The van der Waals surface area contributed by atoms with Crippen molar-refractivity contribution in [1.82, 2.24) is 9.80 Å². The van der Waals surface area contributed by atoms with Gasteiger partial charge in [0.15, 0.2) is 0 Å². The summed E-state index contributed by atoms with van der Waals surface area (Å²) in [7, 11) is 0. The van der Waals surface area contributed by atoms with Crippen molar-refractivity contribution in [2.45, 2.75) is 45.2 Å². The zero-order valence-electron chi connectivity index (χ0n) is 12.1. The molecule has 2 heterocycles. The zero-order valence-corrected chi connectivity index (χ0v) is 12.9. The summed E-state index contributed by atoms with van der Waals surface area (Å²) >= 11 is 1.79. The summed E-state index contributed by atoms with van der Waals surface area (Å²) in [5.74, 6) is 1.57. The Morgan fingerprint density at radius 2 is 2.05 bits per heavy atom. The third-order valence-electron chi connectivity index (χ3n) is 4.07. The van der Waals surface area contributed by atoms with Gasteiger partial charge in [-0.15, -0.1) is 0 Å². The van der Waals surface area contributed by atoms with Gasteiger partial charge < -0.3 is 9.80 Å². The Morgan fingerprint density at radius 1 is 1.32 bits per heavy atom. The second-order valence-electron chi connectivity index (χ2n) is 5.76. The molecule has 2 aliphatic rings. The first-order valence-corrected chi connectivity index (χ1v) is 8.57. The van der Waals surface area contributed by atoms with Gasteiger partial charge in [0.1, 0.15) is 12.1 Å². The summed E-state index contributed by atoms with van der Waals surface area (Å²) in [4.78, 5) is 28.8. The normalized spacial score (nSPS) is 27.4. The average Bonchev–Trinajstić information content (AvgIpc) is 2.84. The molecule has 108 valence electrons. The molecule has 0 radical (unpaired) electrons. The summed E-state index contributed by atoms with van der Waals surface area (Å²) < 4.78 is 0. The van der Waals surface area contributed by atoms with Crippen LogP contribution in [0.1, 0.15) is 33.1 Å². The standard InChI is InChI=1S/C14H24N2O2S/c1-10(2)12-14(18)15-7-4-6-11(15)13(17)16(12)8-5-9-19-3/h10-12H,4-9H2,1-3H3. The molecule has 0 aromatic heterocycles. The van der Waals surface area contributed by atoms with Crippen molar-refractivity contribution in [2.24, 2.45) is 5.92 Å². The number of piperazine rings is 1. The van der Waals surface area contributed by atoms with Crippen LogP contribution >= 0.6 is 11.8 Å². The molecule has 0 aliphatic carbocycles. The van der Waals surface area contributed by atoms with Gasteiger partial charge in [-0.1, -0.05) is 13.8 Å². The Bertz CT molecular complexity index is 359. The molecule has 0 N–H and O–H groups in total. The van der Waals surface area contributed by atoms with Crippen LogP contribution in [-0.2, 0) is 9.59 Å². The number of carbonyl (C=O) groups is 2. The van der Waals surface area contributed by atoms with E-state index in [1.807, 2.05) is 23.6 Å². The van der Waals surface area contributed by atoms with Crippen molar-refractivity contribution < 1.29 is 9.59 Å². The predicted octanol–water partition coefficient (Wildman–Crippen LogP) is 1.60. The molecule has 0 aromatic rings. The van der Waals surface area contributed by atoms with E-state index in [2.05, 4.69) is 6.26 Å². The fourth-order valence-electron chi connectivity index (χ4n) is 3.19. The van der Waals surface area contributed by atoms with E-state index in [0.29, 0.717) is 0 Å². The van der Waals surface area contributed by atoms with Crippen molar-refractivity contribution in [3.05, 3.63) is 0 Å². The molecule has 2 saturated heterocycles. The van der Waals surface area contributed by atoms with Crippen LogP contribution in [0.4, 0.5) is 0 Å². The van der Waals surface area contributed by atoms with Gasteiger partial charge in [-0.25, -0.2) is 0 Å². The summed E-state index contributed by atoms with van der Waals surface area (Å²) in [6.07, 6.45) is 4.85. The molecule has 19 heavy (non-hydrogen) atoms. The van der Waals surface area contributed by atoms with E-state index in [1.54, 1.807) is 11.8 Å². The maximum atomic E-state index is 12.6. The van der Waals surface area contributed by atoms with E-state index in [4.69, 9.17) is 0 Å². The Hall–Kier alpha value is -0.710. The fourth-order valence-corrected chi connectivity index (χ4v) is 3.61. The van der Waals surface area contributed by atoms with Crippen LogP contribution in [0.5, 0.6) is 0 Å². The lowest BCUT2D eigenvalue weighted by molar-refractivity contribution is -0.161. The molecule has 2 atom stereocenters. The molecule has 2 aliphatic heterocycles. The second kappa shape index (κ2) is 6.16. The molecule has 5 heteroatoms. The van der Waals surface area contributed by atoms with Crippen LogP contribution in [0.3, 0.4) is 0 Å². The first-order valence-electron chi connectivity index (χ1n) is 7.17. The third kappa shape index (κ3) is 2.76. The van der Waals surface area contributed by atoms with Gasteiger partial charge in [0.25, 0.3) is 0 Å². The largest absolute Gasteiger partial charge is 0.329 e. The Kier molecular flexibility index (Phi) is 4.76. The lowest BCUT2D eigenvalue weighted by atomic mass is 9.96. The van der Waals surface area contributed by atoms with E-state index in [9.17, 15) is 9.59 Å².